The molecule has 7 nitrogen and oxygen atoms in total. The second kappa shape index (κ2) is 9.87. The molecular formula is C20H28ClN5O2. The van der Waals surface area contributed by atoms with Gasteiger partial charge < -0.3 is 10.2 Å². The van der Waals surface area contributed by atoms with Gasteiger partial charge in [0.15, 0.2) is 11.3 Å². The maximum absolute atomic E-state index is 12.4. The average molecular weight is 406 g/mol. The highest BCUT2D eigenvalue weighted by molar-refractivity contribution is 5.89. The molecule has 0 aromatic heterocycles. The third-order valence-electron chi connectivity index (χ3n) is 5.56. The molecule has 2 aliphatic rings. The molecule has 1 aromatic rings. The van der Waals surface area contributed by atoms with E-state index in [-0.39, 0.29) is 30.3 Å². The van der Waals surface area contributed by atoms with Gasteiger partial charge in [-0.25, -0.2) is 9.80 Å². The van der Waals surface area contributed by atoms with Crippen LogP contribution in [-0.2, 0) is 11.3 Å². The Labute approximate surface area is 172 Å². The van der Waals surface area contributed by atoms with Gasteiger partial charge in [0.25, 0.3) is 0 Å². The number of likely N-dealkylation sites (tertiary alicyclic amines) is 1. The smallest absolute Gasteiger partial charge is 0.317 e. The molecule has 0 aliphatic carbocycles. The van der Waals surface area contributed by atoms with E-state index < -0.39 is 5.54 Å². The fraction of sp³-hybridized carbons (Fsp3) is 0.550. The summed E-state index contributed by atoms with van der Waals surface area (Å²) in [6, 6.07) is 12.2. The van der Waals surface area contributed by atoms with Crippen LogP contribution in [-0.4, -0.2) is 52.9 Å². The standard InChI is InChI=1S/C20H27N5O2.ClH/c1-16(26)20(15-21)10-5-11-25(20)23-18-8-12-24(13-9-18)19(27)22-14-17-6-3-2-4-7-17;/h2-4,6-7,18,23H,5,8-14H2,1H3,(H,22,27);1H. The lowest BCUT2D eigenvalue weighted by Gasteiger charge is -2.38. The third-order valence-corrected chi connectivity index (χ3v) is 5.56. The molecule has 0 radical (unpaired) electrons. The lowest BCUT2D eigenvalue weighted by molar-refractivity contribution is -0.126. The number of urea groups is 1. The highest BCUT2D eigenvalue weighted by atomic mass is 35.5. The summed E-state index contributed by atoms with van der Waals surface area (Å²) < 4.78 is 0. The van der Waals surface area contributed by atoms with Crippen molar-refractivity contribution in [2.75, 3.05) is 19.6 Å². The zero-order chi connectivity index (χ0) is 19.3. The molecule has 1 aromatic carbocycles. The molecule has 8 heteroatoms. The Morgan fingerprint density at radius 3 is 2.50 bits per heavy atom. The Balaban J connectivity index is 0.00000280. The van der Waals surface area contributed by atoms with E-state index in [2.05, 4.69) is 16.8 Å². The molecule has 0 bridgehead atoms. The molecule has 2 fully saturated rings. The number of Topliss-reactive ketones (excluding diaryl/α,β-unsaturated/α-hetero) is 1. The molecule has 1 atom stereocenters. The average Bonchev–Trinajstić information content (AvgIpc) is 3.11. The lowest BCUT2D eigenvalue weighted by atomic mass is 9.94. The molecule has 2 aliphatic heterocycles. The molecule has 2 N–H and O–H groups in total. The first-order chi connectivity index (χ1) is 13.0. The van der Waals surface area contributed by atoms with E-state index in [1.165, 1.54) is 6.92 Å². The Morgan fingerprint density at radius 2 is 1.89 bits per heavy atom. The van der Waals surface area contributed by atoms with Gasteiger partial charge in [-0.2, -0.15) is 5.26 Å². The van der Waals surface area contributed by atoms with Gasteiger partial charge in [-0.15, -0.1) is 12.4 Å². The second-order valence-corrected chi connectivity index (χ2v) is 7.32. The third kappa shape index (κ3) is 4.82. The van der Waals surface area contributed by atoms with Crippen LogP contribution in [0.2, 0.25) is 0 Å². The predicted molar refractivity (Wildman–Crippen MR) is 109 cm³/mol. The van der Waals surface area contributed by atoms with Gasteiger partial charge in [-0.05, 0) is 38.2 Å². The number of rotatable bonds is 5. The predicted octanol–water partition coefficient (Wildman–Crippen LogP) is 2.23. The van der Waals surface area contributed by atoms with E-state index in [9.17, 15) is 14.9 Å². The van der Waals surface area contributed by atoms with Crippen molar-refractivity contribution in [1.82, 2.24) is 20.7 Å². The van der Waals surface area contributed by atoms with E-state index in [0.717, 1.165) is 24.8 Å². The highest BCUT2D eigenvalue weighted by Gasteiger charge is 2.46. The molecule has 2 amide bonds. The lowest BCUT2D eigenvalue weighted by Crippen LogP contribution is -2.59. The number of ketones is 1. The summed E-state index contributed by atoms with van der Waals surface area (Å²) in [5, 5.41) is 14.3. The summed E-state index contributed by atoms with van der Waals surface area (Å²) in [5.74, 6) is -0.104. The summed E-state index contributed by atoms with van der Waals surface area (Å²) in [6.07, 6.45) is 3.01. The van der Waals surface area contributed by atoms with Crippen LogP contribution in [0.5, 0.6) is 0 Å². The first-order valence-corrected chi connectivity index (χ1v) is 9.58. The van der Waals surface area contributed by atoms with Gasteiger partial charge in [0.1, 0.15) is 0 Å². The fourth-order valence-electron chi connectivity index (χ4n) is 3.87. The van der Waals surface area contributed by atoms with E-state index in [1.807, 2.05) is 40.2 Å². The van der Waals surface area contributed by atoms with Crippen LogP contribution >= 0.6 is 12.4 Å². The molecular weight excluding hydrogens is 378 g/mol. The number of halogens is 1. The van der Waals surface area contributed by atoms with Crippen molar-refractivity contribution in [1.29, 1.82) is 5.26 Å². The first-order valence-electron chi connectivity index (χ1n) is 9.58. The van der Waals surface area contributed by atoms with Crippen molar-refractivity contribution in [2.45, 2.75) is 50.7 Å². The summed E-state index contributed by atoms with van der Waals surface area (Å²) in [6.45, 7) is 4.03. The van der Waals surface area contributed by atoms with Gasteiger partial charge in [-0.1, -0.05) is 30.3 Å². The zero-order valence-electron chi connectivity index (χ0n) is 16.2. The van der Waals surface area contributed by atoms with Crippen molar-refractivity contribution in [3.05, 3.63) is 35.9 Å². The quantitative estimate of drug-likeness (QED) is 0.784. The minimum absolute atomic E-state index is 0. The van der Waals surface area contributed by atoms with Gasteiger partial charge in [-0.3, -0.25) is 10.2 Å². The van der Waals surface area contributed by atoms with Crippen LogP contribution < -0.4 is 10.7 Å². The minimum atomic E-state index is -1.04. The minimum Gasteiger partial charge on any atom is -0.334 e. The number of hydrazine groups is 1. The molecule has 152 valence electrons. The van der Waals surface area contributed by atoms with E-state index in [1.54, 1.807) is 0 Å². The van der Waals surface area contributed by atoms with Crippen molar-refractivity contribution in [3.63, 3.8) is 0 Å². The number of nitrogens with one attached hydrogen (secondary N) is 2. The highest BCUT2D eigenvalue weighted by Crippen LogP contribution is 2.29. The van der Waals surface area contributed by atoms with Crippen LogP contribution in [0.3, 0.4) is 0 Å². The Morgan fingerprint density at radius 1 is 1.21 bits per heavy atom. The van der Waals surface area contributed by atoms with E-state index in [0.29, 0.717) is 32.6 Å². The fourth-order valence-corrected chi connectivity index (χ4v) is 3.87. The van der Waals surface area contributed by atoms with Crippen molar-refractivity contribution in [3.8, 4) is 6.07 Å². The van der Waals surface area contributed by atoms with Crippen LogP contribution in [0.4, 0.5) is 4.79 Å². The monoisotopic (exact) mass is 405 g/mol. The van der Waals surface area contributed by atoms with Crippen LogP contribution in [0, 0.1) is 11.3 Å². The van der Waals surface area contributed by atoms with Gasteiger partial charge >= 0.3 is 6.03 Å². The van der Waals surface area contributed by atoms with Crippen LogP contribution in [0.1, 0.15) is 38.2 Å². The van der Waals surface area contributed by atoms with Gasteiger partial charge in [0, 0.05) is 32.2 Å². The normalized spacial score (nSPS) is 22.9. The van der Waals surface area contributed by atoms with Crippen LogP contribution in [0.15, 0.2) is 30.3 Å². The summed E-state index contributed by atoms with van der Waals surface area (Å²) >= 11 is 0. The Bertz CT molecular complexity index is 715. The Hall–Kier alpha value is -2.14. The summed E-state index contributed by atoms with van der Waals surface area (Å²) in [4.78, 5) is 26.2. The first kappa shape index (κ1) is 22.2. The number of nitriles is 1. The molecule has 1 unspecified atom stereocenters. The summed E-state index contributed by atoms with van der Waals surface area (Å²) in [7, 11) is 0. The number of hydrogen-bond acceptors (Lipinski definition) is 5. The van der Waals surface area contributed by atoms with Crippen LogP contribution in [0.25, 0.3) is 0 Å². The van der Waals surface area contributed by atoms with Gasteiger partial charge in [0.05, 0.1) is 6.07 Å². The van der Waals surface area contributed by atoms with E-state index >= 15 is 0 Å². The molecule has 2 heterocycles. The SMILES string of the molecule is CC(=O)C1(C#N)CCCN1NC1CCN(C(=O)NCc2ccccc2)CC1.Cl. The zero-order valence-corrected chi connectivity index (χ0v) is 17.0. The number of nitrogens with zero attached hydrogens (tertiary/aromatic N) is 3. The number of benzene rings is 1. The topological polar surface area (TPSA) is 88.5 Å². The maximum atomic E-state index is 12.4. The number of carbonyl (C=O) groups excluding carboxylic acids is 2. The molecule has 28 heavy (non-hydrogen) atoms. The van der Waals surface area contributed by atoms with Crippen molar-refractivity contribution in [2.24, 2.45) is 0 Å². The molecule has 3 rings (SSSR count). The Kier molecular flexibility index (Phi) is 7.81. The largest absolute Gasteiger partial charge is 0.334 e. The second-order valence-electron chi connectivity index (χ2n) is 7.32. The maximum Gasteiger partial charge on any atom is 0.317 e. The summed E-state index contributed by atoms with van der Waals surface area (Å²) in [5.41, 5.74) is 3.43. The van der Waals surface area contributed by atoms with Crippen molar-refractivity contribution >= 4 is 24.2 Å². The number of hydrogen-bond donors (Lipinski definition) is 2. The number of carbonyl (C=O) groups is 2. The number of piperidine rings is 1. The molecule has 2 saturated heterocycles. The van der Waals surface area contributed by atoms with Crippen molar-refractivity contribution < 1.29 is 9.59 Å². The van der Waals surface area contributed by atoms with E-state index in [4.69, 9.17) is 0 Å². The van der Waals surface area contributed by atoms with Gasteiger partial charge in [0.2, 0.25) is 0 Å². The molecule has 0 spiro atoms. The number of amides is 2. The molecule has 0 saturated carbocycles.